The molecule has 1 aliphatic heterocycles. The molecule has 2 aromatic rings. The van der Waals surface area contributed by atoms with Crippen LogP contribution in [0.15, 0.2) is 43.1 Å². The van der Waals surface area contributed by atoms with Crippen LogP contribution in [0, 0.1) is 11.3 Å². The largest absolute Gasteiger partial charge is 0.497 e. The highest BCUT2D eigenvalue weighted by Gasteiger charge is 2.62. The second-order valence-corrected chi connectivity index (χ2v) is 15.6. The number of likely N-dealkylation sites (tertiary alicyclic amines) is 1. The van der Waals surface area contributed by atoms with Gasteiger partial charge in [0.25, 0.3) is 5.91 Å². The Morgan fingerprint density at radius 2 is 1.90 bits per heavy atom. The van der Waals surface area contributed by atoms with Crippen LogP contribution in [0.25, 0.3) is 10.8 Å². The van der Waals surface area contributed by atoms with Gasteiger partial charge in [-0.2, -0.15) is 0 Å². The van der Waals surface area contributed by atoms with Gasteiger partial charge in [0.1, 0.15) is 36.1 Å². The molecule has 3 fully saturated rings. The molecule has 5 rings (SSSR count). The number of benzene rings is 1. The van der Waals surface area contributed by atoms with Gasteiger partial charge >= 0.3 is 0 Å². The van der Waals surface area contributed by atoms with Crippen molar-refractivity contribution in [2.75, 3.05) is 27.4 Å². The number of carbonyl (C=O) groups is 4. The number of rotatable bonds is 13. The minimum absolute atomic E-state index is 0.0297. The molecule has 14 nitrogen and oxygen atoms in total. The molecule has 4 amide bonds. The van der Waals surface area contributed by atoms with Crippen LogP contribution < -0.4 is 24.8 Å². The number of nitrogens with zero attached hydrogens (tertiary/aromatic N) is 2. The molecule has 2 saturated carbocycles. The van der Waals surface area contributed by atoms with Gasteiger partial charge in [-0.3, -0.25) is 23.9 Å². The number of hydrogen-bond acceptors (Lipinski definition) is 10. The highest BCUT2D eigenvalue weighted by molar-refractivity contribution is 7.91. The van der Waals surface area contributed by atoms with Crippen molar-refractivity contribution in [1.82, 2.24) is 25.2 Å². The van der Waals surface area contributed by atoms with Gasteiger partial charge in [0.2, 0.25) is 33.6 Å². The van der Waals surface area contributed by atoms with Crippen molar-refractivity contribution in [2.24, 2.45) is 11.3 Å². The molecule has 3 aliphatic rings. The molecule has 2 aliphatic carbocycles. The predicted molar refractivity (Wildman–Crippen MR) is 175 cm³/mol. The summed E-state index contributed by atoms with van der Waals surface area (Å²) in [5.74, 6) is -2.10. The lowest BCUT2D eigenvalue weighted by Gasteiger charge is -2.35. The Morgan fingerprint density at radius 1 is 1.17 bits per heavy atom. The molecule has 1 saturated heterocycles. The average molecular weight is 686 g/mol. The Labute approximate surface area is 280 Å². The van der Waals surface area contributed by atoms with Crippen LogP contribution >= 0.6 is 0 Å². The van der Waals surface area contributed by atoms with Crippen molar-refractivity contribution >= 4 is 44.4 Å². The Morgan fingerprint density at radius 3 is 2.50 bits per heavy atom. The van der Waals surface area contributed by atoms with Gasteiger partial charge in [-0.25, -0.2) is 13.4 Å². The maximum absolute atomic E-state index is 14.3. The van der Waals surface area contributed by atoms with Gasteiger partial charge in [0, 0.05) is 31.0 Å². The number of methoxy groups -OCH3 is 2. The molecule has 260 valence electrons. The quantitative estimate of drug-likeness (QED) is 0.261. The molecule has 1 aromatic heterocycles. The van der Waals surface area contributed by atoms with Gasteiger partial charge in [-0.15, -0.1) is 6.58 Å². The van der Waals surface area contributed by atoms with Crippen molar-refractivity contribution in [3.8, 4) is 11.6 Å². The monoisotopic (exact) mass is 685 g/mol. The molecule has 0 spiro atoms. The lowest BCUT2D eigenvalue weighted by atomic mass is 9.85. The molecule has 5 atom stereocenters. The second-order valence-electron chi connectivity index (χ2n) is 13.7. The van der Waals surface area contributed by atoms with Crippen LogP contribution in [0.4, 0.5) is 0 Å². The molecule has 1 aromatic carbocycles. The second kappa shape index (κ2) is 13.3. The van der Waals surface area contributed by atoms with Crippen LogP contribution in [0.5, 0.6) is 11.6 Å². The molecule has 5 unspecified atom stereocenters. The highest BCUT2D eigenvalue weighted by atomic mass is 32.2. The molecular formula is C33H43N5O9S. The fourth-order valence-corrected chi connectivity index (χ4v) is 7.41. The number of pyridine rings is 1. The molecule has 0 radical (unpaired) electrons. The number of amides is 4. The third-order valence-corrected chi connectivity index (χ3v) is 10.8. The molecule has 0 bridgehead atoms. The van der Waals surface area contributed by atoms with Crippen molar-refractivity contribution in [3.05, 3.63) is 43.1 Å². The fourth-order valence-electron chi connectivity index (χ4n) is 6.05. The topological polar surface area (TPSA) is 182 Å². The lowest BCUT2D eigenvalue weighted by Crippen LogP contribution is -2.60. The van der Waals surface area contributed by atoms with E-state index in [0.717, 1.165) is 5.39 Å². The predicted octanol–water partition coefficient (Wildman–Crippen LogP) is 1.44. The summed E-state index contributed by atoms with van der Waals surface area (Å²) in [5, 5.41) is 6.38. The summed E-state index contributed by atoms with van der Waals surface area (Å²) >= 11 is 0. The van der Waals surface area contributed by atoms with E-state index in [1.54, 1.807) is 46.2 Å². The van der Waals surface area contributed by atoms with E-state index in [-0.39, 0.29) is 26.0 Å². The Kier molecular flexibility index (Phi) is 9.75. The summed E-state index contributed by atoms with van der Waals surface area (Å²) in [7, 11) is -0.954. The molecule has 15 heteroatoms. The van der Waals surface area contributed by atoms with E-state index in [0.29, 0.717) is 29.9 Å². The van der Waals surface area contributed by atoms with E-state index in [9.17, 15) is 27.6 Å². The zero-order valence-electron chi connectivity index (χ0n) is 27.8. The van der Waals surface area contributed by atoms with E-state index in [4.69, 9.17) is 14.2 Å². The van der Waals surface area contributed by atoms with E-state index in [1.165, 1.54) is 18.1 Å². The van der Waals surface area contributed by atoms with Gasteiger partial charge < -0.3 is 29.7 Å². The smallest absolute Gasteiger partial charge is 0.259 e. The maximum atomic E-state index is 14.3. The van der Waals surface area contributed by atoms with Crippen LogP contribution in [0.1, 0.15) is 46.5 Å². The zero-order valence-corrected chi connectivity index (χ0v) is 28.6. The lowest BCUT2D eigenvalue weighted by molar-refractivity contribution is -0.145. The fraction of sp³-hybridized carbons (Fsp3) is 0.545. The Hall–Kier alpha value is -4.24. The van der Waals surface area contributed by atoms with E-state index in [2.05, 4.69) is 26.9 Å². The van der Waals surface area contributed by atoms with Crippen LogP contribution in [-0.2, 0) is 33.9 Å². The van der Waals surface area contributed by atoms with Gasteiger partial charge in [0.15, 0.2) is 0 Å². The van der Waals surface area contributed by atoms with Gasteiger partial charge in [-0.1, -0.05) is 26.8 Å². The summed E-state index contributed by atoms with van der Waals surface area (Å²) in [6.45, 7) is 8.81. The van der Waals surface area contributed by atoms with E-state index >= 15 is 0 Å². The average Bonchev–Trinajstić information content (AvgIpc) is 3.96. The summed E-state index contributed by atoms with van der Waals surface area (Å²) < 4.78 is 44.0. The van der Waals surface area contributed by atoms with E-state index in [1.807, 2.05) is 12.1 Å². The van der Waals surface area contributed by atoms with Crippen molar-refractivity contribution < 1.29 is 41.8 Å². The van der Waals surface area contributed by atoms with Gasteiger partial charge in [0.05, 0.1) is 18.9 Å². The maximum Gasteiger partial charge on any atom is 0.259 e. The summed E-state index contributed by atoms with van der Waals surface area (Å²) in [5.41, 5.74) is -2.31. The highest BCUT2D eigenvalue weighted by Crippen LogP contribution is 2.45. The molecule has 2 heterocycles. The first kappa shape index (κ1) is 35.1. The Balaban J connectivity index is 1.44. The first-order chi connectivity index (χ1) is 22.6. The number of carbonyl (C=O) groups excluding carboxylic acids is 4. The molecule has 3 N–H and O–H groups in total. The normalized spacial score (nSPS) is 24.4. The van der Waals surface area contributed by atoms with Crippen molar-refractivity contribution in [2.45, 2.75) is 75.4 Å². The van der Waals surface area contributed by atoms with Crippen LogP contribution in [-0.4, -0.2) is 98.3 Å². The minimum atomic E-state index is -3.88. The number of nitrogens with one attached hydrogen (secondary N) is 3. The van der Waals surface area contributed by atoms with Crippen molar-refractivity contribution in [3.63, 3.8) is 0 Å². The number of aromatic nitrogens is 1. The summed E-state index contributed by atoms with van der Waals surface area (Å²) in [4.78, 5) is 60.1. The van der Waals surface area contributed by atoms with E-state index < -0.39 is 74.0 Å². The number of ether oxygens (including phenoxy) is 3. The zero-order chi connectivity index (χ0) is 35.0. The Bertz CT molecular complexity index is 1720. The molecule has 48 heavy (non-hydrogen) atoms. The summed E-state index contributed by atoms with van der Waals surface area (Å²) in [6, 6.07) is 5.05. The van der Waals surface area contributed by atoms with Crippen LogP contribution in [0.3, 0.4) is 0 Å². The summed E-state index contributed by atoms with van der Waals surface area (Å²) in [6.07, 6.45) is 3.48. The molecular weight excluding hydrogens is 642 g/mol. The first-order valence-electron chi connectivity index (χ1n) is 15.8. The number of fused-ring (bicyclic) bond motifs is 1. The standard InChI is InChI=1S/C33H43N5O9S/c1-7-20-16-33(20,31(42)37-48(43,44)23-9-10-23)36-28(40)25-15-22(47-29-24-11-8-21(46-6)14-19(24)12-13-34-29)17-38(25)30(41)27(32(2,3)4)35-26(39)18-45-5/h7-8,11-14,20,22-23,25,27H,1,9-10,15-18H2,2-6H3,(H,35,39)(H,36,40)(H,37,42). The third-order valence-electron chi connectivity index (χ3n) is 9.00. The SMILES string of the molecule is C=CC1CC1(NC(=O)C1CC(Oc2nccc3cc(OC)ccc23)CN1C(=O)C(NC(=O)COC)C(C)(C)C)C(=O)NS(=O)(=O)C1CC1. The van der Waals surface area contributed by atoms with Crippen molar-refractivity contribution in [1.29, 1.82) is 0 Å². The minimum Gasteiger partial charge on any atom is -0.497 e. The number of sulfonamides is 1. The van der Waals surface area contributed by atoms with Crippen LogP contribution in [0.2, 0.25) is 0 Å². The van der Waals surface area contributed by atoms with Gasteiger partial charge in [-0.05, 0) is 54.3 Å². The third kappa shape index (κ3) is 7.26. The first-order valence-corrected chi connectivity index (χ1v) is 17.4. The number of hydrogen-bond donors (Lipinski definition) is 3.